The Balaban J connectivity index is 3.96. The topological polar surface area (TPSA) is 108 Å². The van der Waals surface area contributed by atoms with Gasteiger partial charge in [-0.1, -0.05) is 370 Å². The summed E-state index contributed by atoms with van der Waals surface area (Å²) in [6.45, 7) is 4.66. The molecular weight excluding hydrogens is 1120 g/mol. The third kappa shape index (κ3) is 73.5. The SMILES string of the molecule is CCCCCCC/C=C\C/C=C\CCCCCCCCCCCCCCCCCCCCCCCCCCCCCCCC(=O)NC(COP(=O)([O-])OCC[N+](C)(C)C)C(O)/C=C/CC/C=C/CC/C=C/CCCCCCCCCCCCCCCCCC. The Morgan fingerprint density at radius 2 is 0.663 bits per heavy atom. The molecular formula is C80H153N2O6P. The molecule has 9 heteroatoms. The molecule has 0 rings (SSSR count). The molecule has 0 aliphatic carbocycles. The van der Waals surface area contributed by atoms with E-state index in [1.54, 1.807) is 6.08 Å². The zero-order valence-electron chi connectivity index (χ0n) is 60.2. The second-order valence-corrected chi connectivity index (χ2v) is 29.5. The van der Waals surface area contributed by atoms with E-state index in [0.29, 0.717) is 17.4 Å². The monoisotopic (exact) mass is 1270 g/mol. The van der Waals surface area contributed by atoms with Crippen LogP contribution in [0.25, 0.3) is 0 Å². The van der Waals surface area contributed by atoms with Crippen molar-refractivity contribution in [3.8, 4) is 0 Å². The van der Waals surface area contributed by atoms with E-state index in [1.807, 2.05) is 27.2 Å². The number of quaternary nitrogens is 1. The maximum absolute atomic E-state index is 13.1. The van der Waals surface area contributed by atoms with Crippen molar-refractivity contribution >= 4 is 13.7 Å². The molecule has 0 heterocycles. The standard InChI is InChI=1S/C80H153N2O6P/c1-6-8-10-12-14-16-18-20-22-24-26-28-30-32-34-35-36-37-38-39-40-41-42-43-44-45-46-47-48-50-52-54-56-58-60-62-64-66-68-70-72-74-80(84)81-78(77-88-89(85,86)87-76-75-82(3,4)5)79(83)73-71-69-67-65-63-61-59-57-55-53-51-49-33-31-29-27-25-23-21-19-17-15-13-11-9-7-2/h18,20,24,26,55,57,63,65,71,73,78-79,83H,6-17,19,21-23,25,27-54,56,58-62,64,66-70,72,74-77H2,1-5H3,(H-,81,84,85,86)/b20-18-,26-24-,57-55+,65-63+,73-71+. The first kappa shape index (κ1) is 87.2. The number of carbonyl (C=O) groups is 1. The van der Waals surface area contributed by atoms with Crippen LogP contribution in [0.15, 0.2) is 60.8 Å². The number of aliphatic hydroxyl groups excluding tert-OH is 1. The molecule has 0 saturated heterocycles. The van der Waals surface area contributed by atoms with E-state index in [2.05, 4.69) is 67.8 Å². The van der Waals surface area contributed by atoms with E-state index in [-0.39, 0.29) is 12.5 Å². The average molecular weight is 1270 g/mol. The number of carbonyl (C=O) groups excluding carboxylic acids is 1. The molecule has 89 heavy (non-hydrogen) atoms. The molecule has 0 aromatic rings. The van der Waals surface area contributed by atoms with Gasteiger partial charge in [0.15, 0.2) is 0 Å². The number of nitrogens with zero attached hydrogens (tertiary/aromatic N) is 1. The molecule has 0 radical (unpaired) electrons. The van der Waals surface area contributed by atoms with Crippen LogP contribution >= 0.6 is 7.82 Å². The highest BCUT2D eigenvalue weighted by molar-refractivity contribution is 7.45. The Bertz CT molecular complexity index is 1640. The van der Waals surface area contributed by atoms with Crippen LogP contribution in [0.4, 0.5) is 0 Å². The van der Waals surface area contributed by atoms with E-state index in [9.17, 15) is 19.4 Å². The molecule has 0 aromatic carbocycles. The molecule has 0 fully saturated rings. The van der Waals surface area contributed by atoms with Gasteiger partial charge in [0.1, 0.15) is 13.2 Å². The lowest BCUT2D eigenvalue weighted by atomic mass is 10.0. The lowest BCUT2D eigenvalue weighted by Crippen LogP contribution is -2.45. The number of phosphoric acid groups is 1. The van der Waals surface area contributed by atoms with Gasteiger partial charge in [-0.3, -0.25) is 9.36 Å². The van der Waals surface area contributed by atoms with Crippen molar-refractivity contribution in [3.05, 3.63) is 60.8 Å². The summed E-state index contributed by atoms with van der Waals surface area (Å²) in [5.74, 6) is -0.204. The fourth-order valence-electron chi connectivity index (χ4n) is 11.9. The van der Waals surface area contributed by atoms with Gasteiger partial charge in [0.05, 0.1) is 39.9 Å². The number of hydrogen-bond donors (Lipinski definition) is 2. The van der Waals surface area contributed by atoms with Crippen molar-refractivity contribution in [1.82, 2.24) is 5.32 Å². The third-order valence-electron chi connectivity index (χ3n) is 17.9. The average Bonchev–Trinajstić information content (AvgIpc) is 3.61. The van der Waals surface area contributed by atoms with E-state index >= 15 is 0 Å². The molecule has 2 N–H and O–H groups in total. The molecule has 524 valence electrons. The first-order valence-electron chi connectivity index (χ1n) is 39.2. The van der Waals surface area contributed by atoms with Gasteiger partial charge in [0.25, 0.3) is 7.82 Å². The van der Waals surface area contributed by atoms with Gasteiger partial charge in [-0.15, -0.1) is 0 Å². The van der Waals surface area contributed by atoms with E-state index in [1.165, 1.54) is 321 Å². The molecule has 0 bridgehead atoms. The van der Waals surface area contributed by atoms with E-state index in [4.69, 9.17) is 9.05 Å². The van der Waals surface area contributed by atoms with Crippen LogP contribution in [-0.2, 0) is 18.4 Å². The molecule has 0 aliphatic heterocycles. The normalized spacial score (nSPS) is 13.8. The van der Waals surface area contributed by atoms with Crippen LogP contribution in [0.5, 0.6) is 0 Å². The molecule has 3 unspecified atom stereocenters. The summed E-state index contributed by atoms with van der Waals surface area (Å²) >= 11 is 0. The van der Waals surface area contributed by atoms with Crippen molar-refractivity contribution < 1.29 is 32.9 Å². The summed E-state index contributed by atoms with van der Waals surface area (Å²) in [5, 5.41) is 14.0. The predicted molar refractivity (Wildman–Crippen MR) is 390 cm³/mol. The van der Waals surface area contributed by atoms with Crippen molar-refractivity contribution in [1.29, 1.82) is 0 Å². The van der Waals surface area contributed by atoms with Crippen LogP contribution in [0.1, 0.15) is 393 Å². The minimum absolute atomic E-state index is 0.00812. The number of likely N-dealkylation sites (N-methyl/N-ethyl adjacent to an activating group) is 1. The van der Waals surface area contributed by atoms with Crippen LogP contribution in [-0.4, -0.2) is 68.5 Å². The predicted octanol–water partition coefficient (Wildman–Crippen LogP) is 24.9. The van der Waals surface area contributed by atoms with E-state index in [0.717, 1.165) is 51.4 Å². The summed E-state index contributed by atoms with van der Waals surface area (Å²) < 4.78 is 23.5. The number of allylic oxidation sites excluding steroid dienone is 9. The minimum atomic E-state index is -4.62. The number of hydrogen-bond acceptors (Lipinski definition) is 6. The second-order valence-electron chi connectivity index (χ2n) is 28.0. The number of unbranched alkanes of at least 4 members (excludes halogenated alkanes) is 52. The van der Waals surface area contributed by atoms with Crippen molar-refractivity contribution in [2.75, 3.05) is 40.9 Å². The zero-order chi connectivity index (χ0) is 64.8. The van der Waals surface area contributed by atoms with Crippen LogP contribution in [0.3, 0.4) is 0 Å². The number of rotatable bonds is 73. The number of amides is 1. The van der Waals surface area contributed by atoms with Gasteiger partial charge in [-0.25, -0.2) is 0 Å². The maximum atomic E-state index is 13.1. The van der Waals surface area contributed by atoms with Crippen molar-refractivity contribution in [2.24, 2.45) is 0 Å². The van der Waals surface area contributed by atoms with E-state index < -0.39 is 26.6 Å². The molecule has 8 nitrogen and oxygen atoms in total. The first-order valence-corrected chi connectivity index (χ1v) is 40.6. The van der Waals surface area contributed by atoms with Gasteiger partial charge in [-0.2, -0.15) is 0 Å². The van der Waals surface area contributed by atoms with Gasteiger partial charge in [0, 0.05) is 6.42 Å². The third-order valence-corrected chi connectivity index (χ3v) is 18.9. The first-order chi connectivity index (χ1) is 43.5. The summed E-state index contributed by atoms with van der Waals surface area (Å²) in [6.07, 6.45) is 98.3. The Morgan fingerprint density at radius 1 is 0.393 bits per heavy atom. The molecule has 3 atom stereocenters. The summed E-state index contributed by atoms with van der Waals surface area (Å²) in [7, 11) is 1.25. The molecule has 0 aliphatic rings. The lowest BCUT2D eigenvalue weighted by Gasteiger charge is -2.29. The Hall–Kier alpha value is -1.80. The Labute approximate surface area is 555 Å². The van der Waals surface area contributed by atoms with Gasteiger partial charge in [-0.05, 0) is 77.0 Å². The fourth-order valence-corrected chi connectivity index (χ4v) is 12.6. The quantitative estimate of drug-likeness (QED) is 0.0272. The molecule has 0 spiro atoms. The summed E-state index contributed by atoms with van der Waals surface area (Å²) in [4.78, 5) is 25.7. The molecule has 0 aromatic heterocycles. The smallest absolute Gasteiger partial charge is 0.268 e. The van der Waals surface area contributed by atoms with Crippen LogP contribution in [0, 0.1) is 0 Å². The summed E-state index contributed by atoms with van der Waals surface area (Å²) in [6, 6.07) is -0.912. The zero-order valence-corrected chi connectivity index (χ0v) is 61.0. The molecule has 0 saturated carbocycles. The van der Waals surface area contributed by atoms with Crippen molar-refractivity contribution in [2.45, 2.75) is 405 Å². The second kappa shape index (κ2) is 70.5. The molecule has 1 amide bonds. The highest BCUT2D eigenvalue weighted by Gasteiger charge is 2.23. The number of nitrogens with one attached hydrogen (secondary N) is 1. The van der Waals surface area contributed by atoms with Crippen LogP contribution in [0.2, 0.25) is 0 Å². The van der Waals surface area contributed by atoms with Gasteiger partial charge < -0.3 is 28.8 Å². The van der Waals surface area contributed by atoms with Crippen molar-refractivity contribution in [3.63, 3.8) is 0 Å². The Kier molecular flexibility index (Phi) is 69.1. The highest BCUT2D eigenvalue weighted by atomic mass is 31.2. The number of phosphoric ester groups is 1. The Morgan fingerprint density at radius 3 is 0.978 bits per heavy atom. The fraction of sp³-hybridized carbons (Fsp3) is 0.863. The largest absolute Gasteiger partial charge is 0.756 e. The minimum Gasteiger partial charge on any atom is -0.756 e. The number of aliphatic hydroxyl groups is 1. The van der Waals surface area contributed by atoms with Gasteiger partial charge >= 0.3 is 0 Å². The maximum Gasteiger partial charge on any atom is 0.268 e. The summed E-state index contributed by atoms with van der Waals surface area (Å²) in [5.41, 5.74) is 0. The highest BCUT2D eigenvalue weighted by Crippen LogP contribution is 2.38. The lowest BCUT2D eigenvalue weighted by molar-refractivity contribution is -0.870. The van der Waals surface area contributed by atoms with Crippen LogP contribution < -0.4 is 10.2 Å². The van der Waals surface area contributed by atoms with Gasteiger partial charge in [0.2, 0.25) is 5.91 Å².